The number of nitrogens with zero attached hydrogens (tertiary/aromatic N) is 3. The van der Waals surface area contributed by atoms with E-state index in [4.69, 9.17) is 4.74 Å². The van der Waals surface area contributed by atoms with Crippen molar-refractivity contribution in [1.29, 1.82) is 0 Å². The molecule has 2 unspecified atom stereocenters. The summed E-state index contributed by atoms with van der Waals surface area (Å²) in [6.45, 7) is 14.8. The summed E-state index contributed by atoms with van der Waals surface area (Å²) in [5, 5.41) is 10.4. The average Bonchev–Trinajstić information content (AvgIpc) is 3.55. The topological polar surface area (TPSA) is 90.4 Å². The number of fused-ring (bicyclic) bond motifs is 1. The number of rotatable bonds is 12. The van der Waals surface area contributed by atoms with Crippen LogP contribution in [0.2, 0.25) is 0 Å². The van der Waals surface area contributed by atoms with Crippen molar-refractivity contribution in [3.05, 3.63) is 25.3 Å². The lowest BCUT2D eigenvalue weighted by molar-refractivity contribution is -0.154. The van der Waals surface area contributed by atoms with Gasteiger partial charge in [-0.3, -0.25) is 14.4 Å². The molecule has 6 atom stereocenters. The first-order valence-electron chi connectivity index (χ1n) is 14.7. The maximum atomic E-state index is 14.6. The van der Waals surface area contributed by atoms with Gasteiger partial charge in [0.2, 0.25) is 17.7 Å². The van der Waals surface area contributed by atoms with Crippen LogP contribution in [-0.4, -0.2) is 93.6 Å². The summed E-state index contributed by atoms with van der Waals surface area (Å²) in [6, 6.07) is -1.30. The van der Waals surface area contributed by atoms with Crippen molar-refractivity contribution in [2.24, 2.45) is 17.8 Å². The number of amides is 3. The van der Waals surface area contributed by atoms with Gasteiger partial charge in [0, 0.05) is 25.7 Å². The van der Waals surface area contributed by atoms with Crippen LogP contribution < -0.4 is 0 Å². The molecule has 1 N–H and O–H groups in total. The third-order valence-corrected chi connectivity index (χ3v) is 9.35. The zero-order valence-corrected chi connectivity index (χ0v) is 23.5. The van der Waals surface area contributed by atoms with Gasteiger partial charge in [-0.05, 0) is 38.0 Å². The number of ether oxygens (including phenoxy) is 1. The molecule has 4 fully saturated rings. The molecule has 3 aliphatic heterocycles. The lowest BCUT2D eigenvalue weighted by Crippen LogP contribution is -2.61. The van der Waals surface area contributed by atoms with Crippen molar-refractivity contribution >= 4 is 17.7 Å². The molecule has 1 saturated carbocycles. The lowest BCUT2D eigenvalue weighted by Gasteiger charge is -2.43. The molecule has 0 radical (unpaired) electrons. The molecule has 2 bridgehead atoms. The van der Waals surface area contributed by atoms with E-state index < -0.39 is 29.5 Å². The number of hydrogen-bond acceptors (Lipinski definition) is 5. The molecule has 3 amide bonds. The van der Waals surface area contributed by atoms with E-state index >= 15 is 0 Å². The molecule has 4 rings (SSSR count). The molecule has 1 spiro atoms. The van der Waals surface area contributed by atoms with Crippen molar-refractivity contribution in [3.8, 4) is 0 Å². The highest BCUT2D eigenvalue weighted by molar-refractivity contribution is 5.99. The zero-order valence-electron chi connectivity index (χ0n) is 23.5. The highest BCUT2D eigenvalue weighted by Crippen LogP contribution is 2.59. The summed E-state index contributed by atoms with van der Waals surface area (Å²) in [4.78, 5) is 48.1. The molecule has 212 valence electrons. The third kappa shape index (κ3) is 4.72. The van der Waals surface area contributed by atoms with Crippen LogP contribution in [0.1, 0.15) is 72.1 Å². The number of carbonyl (C=O) groups is 3. The Hall–Kier alpha value is -2.19. The molecular formula is C30H47N3O5. The molecule has 0 aromatic carbocycles. The first kappa shape index (κ1) is 28.8. The summed E-state index contributed by atoms with van der Waals surface area (Å²) < 4.78 is 6.66. The van der Waals surface area contributed by atoms with Crippen LogP contribution in [0, 0.1) is 17.8 Å². The Morgan fingerprint density at radius 2 is 1.82 bits per heavy atom. The predicted molar refractivity (Wildman–Crippen MR) is 146 cm³/mol. The monoisotopic (exact) mass is 529 g/mol. The fraction of sp³-hybridized carbons (Fsp3) is 0.767. The maximum absolute atomic E-state index is 14.6. The summed E-state index contributed by atoms with van der Waals surface area (Å²) in [6.07, 6.45) is 10.3. The van der Waals surface area contributed by atoms with Crippen LogP contribution in [0.5, 0.6) is 0 Å². The van der Waals surface area contributed by atoms with Crippen LogP contribution in [0.25, 0.3) is 0 Å². The van der Waals surface area contributed by atoms with E-state index in [1.54, 1.807) is 22.0 Å². The Kier molecular flexibility index (Phi) is 9.03. The molecule has 8 nitrogen and oxygen atoms in total. The largest absolute Gasteiger partial charge is 0.394 e. The summed E-state index contributed by atoms with van der Waals surface area (Å²) in [7, 11) is 0. The Balaban J connectivity index is 1.77. The normalized spacial score (nSPS) is 31.4. The van der Waals surface area contributed by atoms with Crippen LogP contribution in [0.3, 0.4) is 0 Å². The summed E-state index contributed by atoms with van der Waals surface area (Å²) in [5.74, 6) is -1.87. The smallest absolute Gasteiger partial charge is 0.248 e. The minimum Gasteiger partial charge on any atom is -0.394 e. The van der Waals surface area contributed by atoms with E-state index in [9.17, 15) is 19.5 Å². The van der Waals surface area contributed by atoms with Gasteiger partial charge >= 0.3 is 0 Å². The van der Waals surface area contributed by atoms with Crippen LogP contribution in [0.15, 0.2) is 25.3 Å². The highest BCUT2D eigenvalue weighted by Gasteiger charge is 2.75. The van der Waals surface area contributed by atoms with Gasteiger partial charge in [-0.2, -0.15) is 0 Å². The molecule has 0 aromatic heterocycles. The standard InChI is InChI=1S/C30H47N3O5/c1-6-16-31(17-7-2)27(35)24-23-14-15-30(38-23)25(24)28(36)33(22(19-34)20(4)5)26(30)29(37)32(18-8-3)21-12-10-9-11-13-21/h6,8,20-26,34H,1,3,7,9-19H2,2,4-5H3/t22-,23-,24+,25-,26?,30?/m0/s1. The minimum absolute atomic E-state index is 0.0688. The Morgan fingerprint density at radius 1 is 1.13 bits per heavy atom. The predicted octanol–water partition coefficient (Wildman–Crippen LogP) is 3.15. The molecule has 8 heteroatoms. The van der Waals surface area contributed by atoms with Crippen LogP contribution in [-0.2, 0) is 19.1 Å². The molecule has 4 aliphatic rings. The molecule has 3 saturated heterocycles. The Bertz CT molecular complexity index is 916. The van der Waals surface area contributed by atoms with Gasteiger partial charge in [0.15, 0.2) is 0 Å². The van der Waals surface area contributed by atoms with E-state index in [1.807, 2.05) is 25.7 Å². The molecular weight excluding hydrogens is 482 g/mol. The number of aliphatic hydroxyl groups is 1. The second-order valence-corrected chi connectivity index (χ2v) is 11.9. The second kappa shape index (κ2) is 11.9. The average molecular weight is 530 g/mol. The summed E-state index contributed by atoms with van der Waals surface area (Å²) in [5.41, 5.74) is -1.05. The van der Waals surface area contributed by atoms with Gasteiger partial charge in [-0.25, -0.2) is 0 Å². The molecule has 0 aromatic rings. The van der Waals surface area contributed by atoms with Gasteiger partial charge in [-0.15, -0.1) is 13.2 Å². The van der Waals surface area contributed by atoms with Gasteiger partial charge in [0.1, 0.15) is 11.6 Å². The van der Waals surface area contributed by atoms with Gasteiger partial charge in [0.05, 0.1) is 30.6 Å². The Labute approximate surface area is 228 Å². The fourth-order valence-corrected chi connectivity index (χ4v) is 7.67. The number of carbonyl (C=O) groups excluding carboxylic acids is 3. The van der Waals surface area contributed by atoms with E-state index in [-0.39, 0.29) is 42.4 Å². The zero-order chi connectivity index (χ0) is 27.6. The molecule has 1 aliphatic carbocycles. The molecule has 3 heterocycles. The fourth-order valence-electron chi connectivity index (χ4n) is 7.67. The van der Waals surface area contributed by atoms with Crippen molar-refractivity contribution in [2.75, 3.05) is 26.2 Å². The Morgan fingerprint density at radius 3 is 2.39 bits per heavy atom. The van der Waals surface area contributed by atoms with Crippen molar-refractivity contribution in [3.63, 3.8) is 0 Å². The van der Waals surface area contributed by atoms with E-state index in [0.29, 0.717) is 32.5 Å². The SMILES string of the molecule is C=CCN(CCC)C(=O)[C@@H]1[C@@H]2CCC3(O2)C(C(=O)N(CC=C)C2CCCCC2)N([C@@H](CO)C(C)C)C(=O)[C@H]13. The third-order valence-electron chi connectivity index (χ3n) is 9.35. The molecule has 38 heavy (non-hydrogen) atoms. The van der Waals surface area contributed by atoms with Crippen LogP contribution >= 0.6 is 0 Å². The van der Waals surface area contributed by atoms with Gasteiger partial charge in [-0.1, -0.05) is 52.2 Å². The van der Waals surface area contributed by atoms with Gasteiger partial charge in [0.25, 0.3) is 0 Å². The summed E-state index contributed by atoms with van der Waals surface area (Å²) >= 11 is 0. The number of likely N-dealkylation sites (tertiary alicyclic amines) is 1. The van der Waals surface area contributed by atoms with E-state index in [1.165, 1.54) is 6.42 Å². The highest BCUT2D eigenvalue weighted by atomic mass is 16.5. The number of hydrogen-bond donors (Lipinski definition) is 1. The van der Waals surface area contributed by atoms with Gasteiger partial charge < -0.3 is 24.5 Å². The quantitative estimate of drug-likeness (QED) is 0.392. The van der Waals surface area contributed by atoms with Crippen molar-refractivity contribution in [2.45, 2.75) is 102 Å². The minimum atomic E-state index is -1.05. The lowest BCUT2D eigenvalue weighted by atomic mass is 9.70. The van der Waals surface area contributed by atoms with Crippen LogP contribution in [0.4, 0.5) is 0 Å². The first-order valence-corrected chi connectivity index (χ1v) is 14.7. The van der Waals surface area contributed by atoms with Crippen molar-refractivity contribution < 1.29 is 24.2 Å². The maximum Gasteiger partial charge on any atom is 0.248 e. The number of aliphatic hydroxyl groups excluding tert-OH is 1. The second-order valence-electron chi connectivity index (χ2n) is 11.9. The van der Waals surface area contributed by atoms with E-state index in [0.717, 1.165) is 32.1 Å². The first-order chi connectivity index (χ1) is 18.3. The van der Waals surface area contributed by atoms with Crippen molar-refractivity contribution in [1.82, 2.24) is 14.7 Å². The van der Waals surface area contributed by atoms with E-state index in [2.05, 4.69) is 13.2 Å².